The molecule has 70 valence electrons. The summed E-state index contributed by atoms with van der Waals surface area (Å²) in [6.07, 6.45) is 0. The average Bonchev–Trinajstić information content (AvgIpc) is 2.16. The van der Waals surface area contributed by atoms with Crippen LogP contribution in [-0.4, -0.2) is 5.97 Å². The fraction of sp³-hybridized carbons (Fsp3) is 0.222. The zero-order valence-electron chi connectivity index (χ0n) is 7.16. The van der Waals surface area contributed by atoms with Crippen LogP contribution in [0.15, 0.2) is 24.3 Å². The van der Waals surface area contributed by atoms with Crippen LogP contribution in [0.2, 0.25) is 0 Å². The van der Waals surface area contributed by atoms with Crippen molar-refractivity contribution >= 4 is 5.97 Å². The van der Waals surface area contributed by atoms with Crippen molar-refractivity contribution in [1.82, 2.24) is 0 Å². The lowest BCUT2D eigenvalue weighted by molar-refractivity contribution is -0.0789. The van der Waals surface area contributed by atoms with E-state index in [4.69, 9.17) is 5.73 Å². The summed E-state index contributed by atoms with van der Waals surface area (Å²) in [6, 6.07) is 6.17. The lowest BCUT2D eigenvalue weighted by atomic mass is 10.0. The van der Waals surface area contributed by atoms with E-state index in [9.17, 15) is 9.32 Å². The van der Waals surface area contributed by atoms with Gasteiger partial charge in [0.25, 0.3) is 0 Å². The van der Waals surface area contributed by atoms with E-state index in [1.807, 2.05) is 0 Å². The summed E-state index contributed by atoms with van der Waals surface area (Å²) >= 11 is 0. The van der Waals surface area contributed by atoms with Gasteiger partial charge in [-0.3, -0.25) is 0 Å². The van der Waals surface area contributed by atoms with Gasteiger partial charge in [-0.05, 0) is 18.6 Å². The highest BCUT2D eigenvalue weighted by molar-refractivity contribution is 5.90. The first kappa shape index (κ1) is 9.67. The number of carbonyl (C=O) groups excluding carboxylic acids is 1. The summed E-state index contributed by atoms with van der Waals surface area (Å²) in [6.45, 7) is 1.71. The van der Waals surface area contributed by atoms with Crippen molar-refractivity contribution < 1.29 is 14.3 Å². The Kier molecular flexibility index (Phi) is 2.97. The van der Waals surface area contributed by atoms with Crippen LogP contribution in [0.25, 0.3) is 0 Å². The topological polar surface area (TPSA) is 52.3 Å². The molecule has 1 atom stereocenters. The number of hydrogen-bond acceptors (Lipinski definition) is 3. The molecule has 1 rings (SSSR count). The van der Waals surface area contributed by atoms with Gasteiger partial charge in [0.2, 0.25) is 0 Å². The second-order valence-electron chi connectivity index (χ2n) is 2.74. The van der Waals surface area contributed by atoms with Crippen molar-refractivity contribution in [2.45, 2.75) is 13.0 Å². The van der Waals surface area contributed by atoms with Gasteiger partial charge in [-0.1, -0.05) is 18.2 Å². The smallest absolute Gasteiger partial charge is 0.324 e. The molecule has 1 aromatic carbocycles. The molecule has 1 unspecified atom stereocenters. The molecular weight excluding hydrogens is 173 g/mol. The fourth-order valence-corrected chi connectivity index (χ4v) is 1.12. The maximum atomic E-state index is 11.6. The van der Waals surface area contributed by atoms with E-state index in [1.165, 1.54) is 6.07 Å². The summed E-state index contributed by atoms with van der Waals surface area (Å²) < 4.78 is 11.6. The van der Waals surface area contributed by atoms with Crippen molar-refractivity contribution in [2.75, 3.05) is 0 Å². The van der Waals surface area contributed by atoms with E-state index in [1.54, 1.807) is 25.1 Å². The Morgan fingerprint density at radius 3 is 2.69 bits per heavy atom. The van der Waals surface area contributed by atoms with Gasteiger partial charge in [0.1, 0.15) is 0 Å². The highest BCUT2D eigenvalue weighted by atomic mass is 19.3. The minimum Gasteiger partial charge on any atom is -0.324 e. The van der Waals surface area contributed by atoms with Crippen LogP contribution in [0, 0.1) is 0 Å². The van der Waals surface area contributed by atoms with Crippen LogP contribution < -0.4 is 5.73 Å². The molecular formula is C9H10FNO2. The summed E-state index contributed by atoms with van der Waals surface area (Å²) in [7, 11) is 0. The number of carbonyl (C=O) groups is 1. The Balaban J connectivity index is 3.12. The Morgan fingerprint density at radius 2 is 2.15 bits per heavy atom. The van der Waals surface area contributed by atoms with Crippen molar-refractivity contribution in [3.05, 3.63) is 35.4 Å². The molecule has 0 bridgehead atoms. The van der Waals surface area contributed by atoms with Crippen LogP contribution in [0.1, 0.15) is 28.9 Å². The predicted molar refractivity (Wildman–Crippen MR) is 45.6 cm³/mol. The van der Waals surface area contributed by atoms with Gasteiger partial charge in [0, 0.05) is 10.6 Å². The molecule has 0 aliphatic heterocycles. The average molecular weight is 183 g/mol. The maximum Gasteiger partial charge on any atom is 0.379 e. The highest BCUT2D eigenvalue weighted by Gasteiger charge is 2.14. The van der Waals surface area contributed by atoms with E-state index in [0.29, 0.717) is 5.56 Å². The van der Waals surface area contributed by atoms with Crippen molar-refractivity contribution in [3.63, 3.8) is 0 Å². The van der Waals surface area contributed by atoms with Crippen LogP contribution in [0.5, 0.6) is 0 Å². The second-order valence-corrected chi connectivity index (χ2v) is 2.74. The molecule has 0 aliphatic carbocycles. The largest absolute Gasteiger partial charge is 0.379 e. The number of rotatable bonds is 2. The molecule has 4 heteroatoms. The molecule has 0 heterocycles. The van der Waals surface area contributed by atoms with Crippen molar-refractivity contribution in [1.29, 1.82) is 0 Å². The van der Waals surface area contributed by atoms with Crippen LogP contribution in [0.4, 0.5) is 4.53 Å². The number of benzene rings is 1. The first-order chi connectivity index (χ1) is 6.16. The molecule has 0 spiro atoms. The standard InChI is InChI=1S/C9H10FNO2/c1-6(11)7-4-2-3-5-8(7)9(12)13-10/h2-6H,11H2,1H3. The van der Waals surface area contributed by atoms with Crippen LogP contribution in [-0.2, 0) is 4.94 Å². The Morgan fingerprint density at radius 1 is 1.54 bits per heavy atom. The third-order valence-corrected chi connectivity index (χ3v) is 1.74. The molecule has 3 nitrogen and oxygen atoms in total. The van der Waals surface area contributed by atoms with E-state index in [-0.39, 0.29) is 11.6 Å². The van der Waals surface area contributed by atoms with Gasteiger partial charge in [0.05, 0.1) is 5.56 Å². The summed E-state index contributed by atoms with van der Waals surface area (Å²) in [5.74, 6) is -1.01. The molecule has 0 saturated carbocycles. The van der Waals surface area contributed by atoms with Gasteiger partial charge in [0.15, 0.2) is 0 Å². The Bertz CT molecular complexity index is 312. The summed E-state index contributed by atoms with van der Waals surface area (Å²) in [5, 5.41) is 0. The van der Waals surface area contributed by atoms with E-state index >= 15 is 0 Å². The van der Waals surface area contributed by atoms with Gasteiger partial charge in [-0.15, -0.1) is 0 Å². The number of hydrogen-bond donors (Lipinski definition) is 1. The quantitative estimate of drug-likeness (QED) is 0.759. The molecule has 1 aromatic rings. The minimum atomic E-state index is -1.01. The predicted octanol–water partition coefficient (Wildman–Crippen LogP) is 1.75. The van der Waals surface area contributed by atoms with Gasteiger partial charge < -0.3 is 5.73 Å². The van der Waals surface area contributed by atoms with Gasteiger partial charge >= 0.3 is 5.97 Å². The van der Waals surface area contributed by atoms with Crippen LogP contribution in [0.3, 0.4) is 0 Å². The number of nitrogens with two attached hydrogens (primary N) is 1. The third-order valence-electron chi connectivity index (χ3n) is 1.74. The summed E-state index contributed by atoms with van der Waals surface area (Å²) in [5.41, 5.74) is 6.32. The molecule has 13 heavy (non-hydrogen) atoms. The Labute approximate surface area is 75.2 Å². The lowest BCUT2D eigenvalue weighted by Crippen LogP contribution is -2.11. The molecule has 0 aromatic heterocycles. The van der Waals surface area contributed by atoms with E-state index in [2.05, 4.69) is 4.94 Å². The summed E-state index contributed by atoms with van der Waals surface area (Å²) in [4.78, 5) is 14.0. The fourth-order valence-electron chi connectivity index (χ4n) is 1.12. The zero-order chi connectivity index (χ0) is 9.84. The normalized spacial score (nSPS) is 12.2. The van der Waals surface area contributed by atoms with Crippen LogP contribution >= 0.6 is 0 Å². The third kappa shape index (κ3) is 2.03. The lowest BCUT2D eigenvalue weighted by Gasteiger charge is -2.08. The van der Waals surface area contributed by atoms with Gasteiger partial charge in [-0.2, -0.15) is 0 Å². The first-order valence-corrected chi connectivity index (χ1v) is 3.84. The second kappa shape index (κ2) is 4.00. The maximum absolute atomic E-state index is 11.6. The monoisotopic (exact) mass is 183 g/mol. The van der Waals surface area contributed by atoms with E-state index in [0.717, 1.165) is 0 Å². The molecule has 0 amide bonds. The van der Waals surface area contributed by atoms with Crippen molar-refractivity contribution in [3.8, 4) is 0 Å². The SMILES string of the molecule is CC(N)c1ccccc1C(=O)OF. The molecule has 2 N–H and O–H groups in total. The zero-order valence-corrected chi connectivity index (χ0v) is 7.16. The highest BCUT2D eigenvalue weighted by Crippen LogP contribution is 2.16. The van der Waals surface area contributed by atoms with Gasteiger partial charge in [-0.25, -0.2) is 9.74 Å². The molecule has 0 saturated heterocycles. The molecule has 0 fully saturated rings. The first-order valence-electron chi connectivity index (χ1n) is 3.84. The van der Waals surface area contributed by atoms with Crippen molar-refractivity contribution in [2.24, 2.45) is 5.73 Å². The number of halogens is 1. The van der Waals surface area contributed by atoms with E-state index < -0.39 is 5.97 Å². The molecule has 0 aliphatic rings. The Hall–Kier alpha value is -1.42. The molecule has 0 radical (unpaired) electrons. The minimum absolute atomic E-state index is 0.167.